The van der Waals surface area contributed by atoms with Gasteiger partial charge in [0.15, 0.2) is 5.75 Å². The molecule has 0 saturated heterocycles. The van der Waals surface area contributed by atoms with Crippen molar-refractivity contribution in [2.45, 2.75) is 114 Å². The number of rotatable bonds is 20. The summed E-state index contributed by atoms with van der Waals surface area (Å²) in [6.07, 6.45) is 15.7. The van der Waals surface area contributed by atoms with Crippen LogP contribution in [0, 0.1) is 0 Å². The number of benzene rings is 4. The van der Waals surface area contributed by atoms with E-state index in [1.807, 2.05) is 24.3 Å². The molecule has 0 fully saturated rings. The third-order valence-electron chi connectivity index (χ3n) is 8.37. The first-order valence-electron chi connectivity index (χ1n) is 17.9. The van der Waals surface area contributed by atoms with E-state index in [0.29, 0.717) is 11.5 Å². The van der Waals surface area contributed by atoms with E-state index in [2.05, 4.69) is 13.8 Å². The van der Waals surface area contributed by atoms with Crippen LogP contribution < -0.4 is 14.6 Å². The quantitative estimate of drug-likeness (QED) is 0.0499. The largest absolute Gasteiger partial charge is 2.00 e. The summed E-state index contributed by atoms with van der Waals surface area (Å²) in [7, 11) is -9.18. The van der Waals surface area contributed by atoms with Gasteiger partial charge in [0, 0.05) is 6.07 Å². The van der Waals surface area contributed by atoms with E-state index in [0.717, 1.165) is 73.9 Å². The van der Waals surface area contributed by atoms with Crippen LogP contribution in [0.2, 0.25) is 0 Å². The third-order valence-corrected chi connectivity index (χ3v) is 10.1. The van der Waals surface area contributed by atoms with Gasteiger partial charge in [0.25, 0.3) is 10.1 Å². The molecule has 0 heterocycles. The molecular formula is C40H50CaO10S2. The molecule has 0 amide bonds. The predicted octanol–water partition coefficient (Wildman–Crippen LogP) is 9.31. The monoisotopic (exact) mass is 794 g/mol. The molecule has 53 heavy (non-hydrogen) atoms. The van der Waals surface area contributed by atoms with E-state index in [-0.39, 0.29) is 59.9 Å². The molecule has 10 nitrogen and oxygen atoms in total. The van der Waals surface area contributed by atoms with Gasteiger partial charge in [-0.25, -0.2) is 8.42 Å². The topological polar surface area (TPSA) is 173 Å². The summed E-state index contributed by atoms with van der Waals surface area (Å²) in [6, 6.07) is 21.3. The van der Waals surface area contributed by atoms with Gasteiger partial charge in [-0.05, 0) is 73.2 Å². The van der Waals surface area contributed by atoms with Crippen molar-refractivity contribution in [1.82, 2.24) is 0 Å². The number of aromatic hydroxyl groups is 1. The molecule has 0 spiro atoms. The Kier molecular flexibility index (Phi) is 20.8. The minimum absolute atomic E-state index is 0. The number of aryl methyl sites for hydroxylation is 2. The van der Waals surface area contributed by atoms with Gasteiger partial charge in [-0.1, -0.05) is 121 Å². The van der Waals surface area contributed by atoms with Gasteiger partial charge in [0.05, 0.1) is 4.90 Å². The van der Waals surface area contributed by atoms with Crippen molar-refractivity contribution >= 4 is 58.0 Å². The van der Waals surface area contributed by atoms with E-state index in [9.17, 15) is 36.2 Å². The van der Waals surface area contributed by atoms with E-state index < -0.39 is 30.9 Å². The fraction of sp³-hybridized carbons (Fsp3) is 0.400. The maximum absolute atomic E-state index is 11.6. The minimum atomic E-state index is -4.73. The van der Waals surface area contributed by atoms with Crippen LogP contribution in [-0.2, 0) is 33.1 Å². The summed E-state index contributed by atoms with van der Waals surface area (Å²) < 4.78 is 78.0. The Morgan fingerprint density at radius 2 is 1.00 bits per heavy atom. The van der Waals surface area contributed by atoms with Crippen molar-refractivity contribution in [3.05, 3.63) is 96.1 Å². The van der Waals surface area contributed by atoms with Gasteiger partial charge < -0.3 is 24.2 Å². The molecule has 13 heteroatoms. The number of phenolic OH excluding ortho intramolecular Hbond substituents is 1. The zero-order chi connectivity index (χ0) is 38.0. The van der Waals surface area contributed by atoms with Crippen LogP contribution in [0.3, 0.4) is 0 Å². The number of unbranched alkanes of at least 4 members (excludes halogenated alkanes) is 10. The Labute approximate surface area is 345 Å². The molecule has 0 saturated carbocycles. The molecule has 0 bridgehead atoms. The van der Waals surface area contributed by atoms with Gasteiger partial charge in [0.2, 0.25) is 0 Å². The van der Waals surface area contributed by atoms with Gasteiger partial charge in [-0.2, -0.15) is 8.42 Å². The summed E-state index contributed by atoms with van der Waals surface area (Å²) in [5.41, 5.74) is 1.89. The number of hydrogen-bond acceptors (Lipinski definition) is 9. The summed E-state index contributed by atoms with van der Waals surface area (Å²) in [6.45, 7) is 4.37. The number of phenols is 1. The van der Waals surface area contributed by atoms with Crippen LogP contribution in [0.4, 0.5) is 0 Å². The second kappa shape index (κ2) is 23.8. The van der Waals surface area contributed by atoms with Crippen molar-refractivity contribution in [1.29, 1.82) is 0 Å². The predicted molar refractivity (Wildman–Crippen MR) is 205 cm³/mol. The second-order valence-electron chi connectivity index (χ2n) is 12.6. The van der Waals surface area contributed by atoms with Crippen molar-refractivity contribution in [3.63, 3.8) is 0 Å². The normalized spacial score (nSPS) is 11.2. The smallest absolute Gasteiger partial charge is 0.872 e. The summed E-state index contributed by atoms with van der Waals surface area (Å²) in [5, 5.41) is 21.2. The molecule has 0 aromatic heterocycles. The summed E-state index contributed by atoms with van der Waals surface area (Å²) in [4.78, 5) is -0.892. The zero-order valence-electron chi connectivity index (χ0n) is 30.7. The molecule has 0 aliphatic heterocycles. The average Bonchev–Trinajstić information content (AvgIpc) is 3.08. The Morgan fingerprint density at radius 1 is 0.566 bits per heavy atom. The Bertz CT molecular complexity index is 1780. The van der Waals surface area contributed by atoms with E-state index in [4.69, 9.17) is 9.47 Å². The van der Waals surface area contributed by atoms with Gasteiger partial charge in [-0.3, -0.25) is 4.55 Å². The Hall–Kier alpha value is -2.84. The Balaban J connectivity index is 0.000000360. The fourth-order valence-electron chi connectivity index (χ4n) is 5.61. The SMILES string of the molecule is CCCCCCCCc1ccccc1Oc1cc(O)ccc1S(=O)(=O)O.CCCCCCCCc1ccccc1Oc1cc([O-])ccc1S(=O)(=O)[O-].[Ca+2]. The fourth-order valence-corrected chi connectivity index (χ4v) is 6.79. The van der Waals surface area contributed by atoms with Crippen LogP contribution in [0.25, 0.3) is 0 Å². The molecule has 0 aliphatic rings. The molecule has 0 atom stereocenters. The van der Waals surface area contributed by atoms with Gasteiger partial charge in [-0.15, -0.1) is 5.75 Å². The molecule has 0 aliphatic carbocycles. The van der Waals surface area contributed by atoms with Crippen molar-refractivity contribution in [2.75, 3.05) is 0 Å². The summed E-state index contributed by atoms with van der Waals surface area (Å²) in [5.74, 6) is 0.125. The molecule has 4 rings (SSSR count). The number of ether oxygens (including phenoxy) is 2. The zero-order valence-corrected chi connectivity index (χ0v) is 34.5. The first-order chi connectivity index (χ1) is 24.8. The van der Waals surface area contributed by atoms with Crippen molar-refractivity contribution in [2.24, 2.45) is 0 Å². The molecule has 284 valence electrons. The number of para-hydroxylation sites is 2. The molecule has 4 aromatic rings. The molecule has 4 aromatic carbocycles. The summed E-state index contributed by atoms with van der Waals surface area (Å²) >= 11 is 0. The van der Waals surface area contributed by atoms with Gasteiger partial charge >= 0.3 is 37.7 Å². The Morgan fingerprint density at radius 3 is 1.47 bits per heavy atom. The van der Waals surface area contributed by atoms with Crippen LogP contribution in [-0.4, -0.2) is 68.8 Å². The molecule has 0 radical (unpaired) electrons. The first kappa shape index (κ1) is 46.3. The standard InChI is InChI=1S/2C20H26O5S.Ca/c2*1-2-3-4-5-6-7-10-16-11-8-9-12-18(16)25-19-15-17(21)13-14-20(19)26(22,23)24;/h2*8-9,11-15,21H,2-7,10H2,1H3,(H,22,23,24);/q;;+2/p-2. The van der Waals surface area contributed by atoms with Crippen molar-refractivity contribution < 1.29 is 45.6 Å². The average molecular weight is 795 g/mol. The van der Waals surface area contributed by atoms with E-state index >= 15 is 0 Å². The van der Waals surface area contributed by atoms with E-state index in [1.165, 1.54) is 63.5 Å². The second-order valence-corrected chi connectivity index (χ2v) is 15.4. The van der Waals surface area contributed by atoms with E-state index in [1.54, 1.807) is 24.3 Å². The third kappa shape index (κ3) is 16.6. The number of hydrogen-bond donors (Lipinski definition) is 2. The van der Waals surface area contributed by atoms with Gasteiger partial charge in [0.1, 0.15) is 38.0 Å². The minimum Gasteiger partial charge on any atom is -0.872 e. The van der Waals surface area contributed by atoms with Crippen molar-refractivity contribution in [3.8, 4) is 34.5 Å². The van der Waals surface area contributed by atoms with Crippen LogP contribution in [0.5, 0.6) is 34.5 Å². The van der Waals surface area contributed by atoms with Crippen LogP contribution >= 0.6 is 0 Å². The maximum Gasteiger partial charge on any atom is 2.00 e. The maximum atomic E-state index is 11.6. The van der Waals surface area contributed by atoms with Crippen LogP contribution in [0.1, 0.15) is 102 Å². The first-order valence-corrected chi connectivity index (χ1v) is 20.8. The molecule has 2 N–H and O–H groups in total. The molecule has 0 unspecified atom stereocenters. The molecular weight excluding hydrogens is 745 g/mol. The van der Waals surface area contributed by atoms with Crippen LogP contribution in [0.15, 0.2) is 94.7 Å².